The van der Waals surface area contributed by atoms with Gasteiger partial charge < -0.3 is 5.11 Å². The summed E-state index contributed by atoms with van der Waals surface area (Å²) < 4.78 is 0.666. The van der Waals surface area contributed by atoms with Crippen LogP contribution in [0.25, 0.3) is 0 Å². The summed E-state index contributed by atoms with van der Waals surface area (Å²) in [7, 11) is 0. The van der Waals surface area contributed by atoms with E-state index in [1.807, 2.05) is 0 Å². The van der Waals surface area contributed by atoms with E-state index in [0.717, 1.165) is 4.90 Å². The van der Waals surface area contributed by atoms with Gasteiger partial charge in [-0.25, -0.2) is 9.89 Å². The zero-order valence-corrected chi connectivity index (χ0v) is 6.48. The summed E-state index contributed by atoms with van der Waals surface area (Å²) in [6, 6.07) is 0. The predicted molar refractivity (Wildman–Crippen MR) is 39.0 cm³/mol. The van der Waals surface area contributed by atoms with Crippen molar-refractivity contribution in [3.05, 3.63) is 10.7 Å². The van der Waals surface area contributed by atoms with Gasteiger partial charge in [-0.3, -0.25) is 0 Å². The topological polar surface area (TPSA) is 59.6 Å². The molecule has 0 aromatic carbocycles. The van der Waals surface area contributed by atoms with Gasteiger partial charge in [0.15, 0.2) is 6.19 Å². The molecule has 52 valence electrons. The van der Waals surface area contributed by atoms with Crippen LogP contribution in [0.15, 0.2) is 15.7 Å². The number of nitrogens with zero attached hydrogens (tertiary/aromatic N) is 3. The van der Waals surface area contributed by atoms with E-state index in [1.54, 1.807) is 6.19 Å². The van der Waals surface area contributed by atoms with Gasteiger partial charge in [0.05, 0.1) is 4.48 Å². The highest BCUT2D eigenvalue weighted by atomic mass is 79.9. The third-order valence-electron chi connectivity index (χ3n) is 0.958. The number of aliphatic hydroxyl groups is 1. The molecule has 1 rings (SSSR count). The normalized spacial score (nSPS) is 23.9. The first kappa shape index (κ1) is 7.25. The Balaban J connectivity index is 2.79. The highest BCUT2D eigenvalue weighted by Gasteiger charge is 2.12. The molecule has 4 nitrogen and oxygen atoms in total. The lowest BCUT2D eigenvalue weighted by Crippen LogP contribution is -2.26. The molecule has 0 aromatic rings. The van der Waals surface area contributed by atoms with Gasteiger partial charge in [-0.15, -0.1) is 0 Å². The summed E-state index contributed by atoms with van der Waals surface area (Å²) in [5, 5.41) is 17.3. The molecule has 1 N–H and O–H groups in total. The fourth-order valence-corrected chi connectivity index (χ4v) is 0.862. The number of rotatable bonds is 0. The molecule has 0 bridgehead atoms. The monoisotopic (exact) mass is 201 g/mol. The Bertz CT molecular complexity index is 230. The quantitative estimate of drug-likeness (QED) is 0.577. The summed E-state index contributed by atoms with van der Waals surface area (Å²) in [4.78, 5) is 4.61. The average molecular weight is 202 g/mol. The molecule has 1 heterocycles. The zero-order valence-electron chi connectivity index (χ0n) is 4.90. The van der Waals surface area contributed by atoms with Crippen molar-refractivity contribution in [1.29, 1.82) is 5.26 Å². The Hall–Kier alpha value is -0.860. The second-order valence-electron chi connectivity index (χ2n) is 1.65. The first-order chi connectivity index (χ1) is 4.74. The number of nitriles is 1. The van der Waals surface area contributed by atoms with Gasteiger partial charge in [0.25, 0.3) is 0 Å². The Morgan fingerprint density at radius 1 is 1.90 bits per heavy atom. The number of halogens is 1. The lowest BCUT2D eigenvalue weighted by molar-refractivity contribution is 0.0816. The second-order valence-corrected chi connectivity index (χ2v) is 2.56. The molecule has 0 aromatic heterocycles. The molecule has 1 atom stereocenters. The minimum absolute atomic E-state index is 0.666. The van der Waals surface area contributed by atoms with Crippen LogP contribution in [0.4, 0.5) is 0 Å². The van der Waals surface area contributed by atoms with Crippen molar-refractivity contribution >= 4 is 22.1 Å². The van der Waals surface area contributed by atoms with Crippen molar-refractivity contribution in [2.24, 2.45) is 4.99 Å². The largest absolute Gasteiger partial charge is 0.354 e. The third kappa shape index (κ3) is 1.35. The van der Waals surface area contributed by atoms with Gasteiger partial charge in [-0.1, -0.05) is 0 Å². The van der Waals surface area contributed by atoms with Crippen LogP contribution in [0.5, 0.6) is 0 Å². The molecular weight excluding hydrogens is 198 g/mol. The van der Waals surface area contributed by atoms with Crippen LogP contribution in [0.3, 0.4) is 0 Å². The van der Waals surface area contributed by atoms with Crippen LogP contribution in [0.1, 0.15) is 0 Å². The fraction of sp³-hybridized carbons (Fsp3) is 0.200. The van der Waals surface area contributed by atoms with Crippen LogP contribution in [-0.2, 0) is 0 Å². The number of hydrogen-bond acceptors (Lipinski definition) is 4. The van der Waals surface area contributed by atoms with E-state index < -0.39 is 6.35 Å². The van der Waals surface area contributed by atoms with Crippen molar-refractivity contribution in [3.63, 3.8) is 0 Å². The molecule has 1 aliphatic rings. The van der Waals surface area contributed by atoms with Gasteiger partial charge in [0, 0.05) is 12.4 Å². The maximum atomic E-state index is 8.93. The van der Waals surface area contributed by atoms with Gasteiger partial charge in [-0.2, -0.15) is 5.26 Å². The molecule has 0 radical (unpaired) electrons. The van der Waals surface area contributed by atoms with Crippen LogP contribution in [0.2, 0.25) is 0 Å². The van der Waals surface area contributed by atoms with Crippen molar-refractivity contribution in [3.8, 4) is 6.19 Å². The molecule has 10 heavy (non-hydrogen) atoms. The van der Waals surface area contributed by atoms with E-state index in [4.69, 9.17) is 10.4 Å². The molecule has 0 aliphatic carbocycles. The minimum atomic E-state index is -1.06. The van der Waals surface area contributed by atoms with E-state index in [-0.39, 0.29) is 0 Å². The Morgan fingerprint density at radius 3 is 3.10 bits per heavy atom. The second kappa shape index (κ2) is 2.82. The fourth-order valence-electron chi connectivity index (χ4n) is 0.523. The molecule has 0 fully saturated rings. The van der Waals surface area contributed by atoms with Gasteiger partial charge in [-0.05, 0) is 15.9 Å². The van der Waals surface area contributed by atoms with Gasteiger partial charge in [0.2, 0.25) is 6.35 Å². The molecule has 1 aliphatic heterocycles. The number of hydrogen-bond donors (Lipinski definition) is 1. The molecule has 0 amide bonds. The van der Waals surface area contributed by atoms with E-state index in [9.17, 15) is 0 Å². The van der Waals surface area contributed by atoms with Crippen LogP contribution in [-0.4, -0.2) is 22.6 Å². The number of aliphatic imine (C=N–C) groups is 1. The predicted octanol–water partition coefficient (Wildman–Crippen LogP) is 0.366. The maximum Gasteiger partial charge on any atom is 0.237 e. The molecular formula is C5H4BrN3O. The lowest BCUT2D eigenvalue weighted by Gasteiger charge is -2.17. The zero-order chi connectivity index (χ0) is 7.56. The molecule has 1 unspecified atom stereocenters. The first-order valence-corrected chi connectivity index (χ1v) is 3.30. The van der Waals surface area contributed by atoms with Gasteiger partial charge in [0.1, 0.15) is 0 Å². The van der Waals surface area contributed by atoms with Crippen molar-refractivity contribution in [1.82, 2.24) is 4.90 Å². The molecule has 0 saturated carbocycles. The van der Waals surface area contributed by atoms with Crippen molar-refractivity contribution in [2.75, 3.05) is 0 Å². The highest BCUT2D eigenvalue weighted by Crippen LogP contribution is 2.11. The SMILES string of the molecule is N#CN1C=C(Br)C=NC1O. The average Bonchev–Trinajstić information content (AvgIpc) is 1.94. The molecule has 0 saturated heterocycles. The Labute approximate surface area is 66.2 Å². The van der Waals surface area contributed by atoms with E-state index in [2.05, 4.69) is 20.9 Å². The van der Waals surface area contributed by atoms with Crippen LogP contribution in [0, 0.1) is 11.5 Å². The van der Waals surface area contributed by atoms with Crippen molar-refractivity contribution < 1.29 is 5.11 Å². The maximum absolute atomic E-state index is 8.93. The van der Waals surface area contributed by atoms with Gasteiger partial charge >= 0.3 is 0 Å². The standard InChI is InChI=1S/C5H4BrN3O/c6-4-1-8-5(10)9(2-4)3-7/h1-2,5,10H. The summed E-state index contributed by atoms with van der Waals surface area (Å²) in [5.74, 6) is 0. The Morgan fingerprint density at radius 2 is 2.60 bits per heavy atom. The summed E-state index contributed by atoms with van der Waals surface area (Å²) >= 11 is 3.10. The lowest BCUT2D eigenvalue weighted by atomic mass is 10.5. The van der Waals surface area contributed by atoms with Crippen LogP contribution < -0.4 is 0 Å². The molecule has 5 heteroatoms. The minimum Gasteiger partial charge on any atom is -0.354 e. The first-order valence-electron chi connectivity index (χ1n) is 2.50. The third-order valence-corrected chi connectivity index (χ3v) is 1.37. The van der Waals surface area contributed by atoms with E-state index >= 15 is 0 Å². The van der Waals surface area contributed by atoms with E-state index in [1.165, 1.54) is 12.4 Å². The van der Waals surface area contributed by atoms with Crippen LogP contribution >= 0.6 is 15.9 Å². The smallest absolute Gasteiger partial charge is 0.237 e. The summed E-state index contributed by atoms with van der Waals surface area (Å²) in [6.45, 7) is 0. The summed E-state index contributed by atoms with van der Waals surface area (Å²) in [5.41, 5.74) is 0. The Kier molecular flexibility index (Phi) is 2.04. The summed E-state index contributed by atoms with van der Waals surface area (Å²) in [6.07, 6.45) is 3.58. The molecule has 0 spiro atoms. The number of aliphatic hydroxyl groups excluding tert-OH is 1. The van der Waals surface area contributed by atoms with Crippen molar-refractivity contribution in [2.45, 2.75) is 6.35 Å². The highest BCUT2D eigenvalue weighted by molar-refractivity contribution is 9.12. The number of allylic oxidation sites excluding steroid dienone is 1. The van der Waals surface area contributed by atoms with E-state index in [0.29, 0.717) is 4.48 Å².